The van der Waals surface area contributed by atoms with E-state index in [1.807, 2.05) is 24.3 Å². The molecule has 1 aliphatic rings. The number of carbonyl (C=O) groups is 1. The summed E-state index contributed by atoms with van der Waals surface area (Å²) in [4.78, 5) is 17.1. The molecular weight excluding hydrogens is 366 g/mol. The Morgan fingerprint density at radius 3 is 2.59 bits per heavy atom. The molecule has 1 heterocycles. The normalized spacial score (nSPS) is 17.5. The minimum Gasteiger partial charge on any atom is -0.479 e. The van der Waals surface area contributed by atoms with Gasteiger partial charge in [-0.2, -0.15) is 0 Å². The smallest absolute Gasteiger partial charge is 0.333 e. The van der Waals surface area contributed by atoms with Crippen LogP contribution in [0, 0.1) is 0 Å². The van der Waals surface area contributed by atoms with E-state index in [1.165, 1.54) is 5.56 Å². The highest BCUT2D eigenvalue weighted by Crippen LogP contribution is 2.31. The highest BCUT2D eigenvalue weighted by Gasteiger charge is 2.25. The van der Waals surface area contributed by atoms with Gasteiger partial charge in [0.1, 0.15) is 0 Å². The Bertz CT molecular complexity index is 880. The Hall–Kier alpha value is -2.66. The van der Waals surface area contributed by atoms with Gasteiger partial charge in [0.05, 0.1) is 5.71 Å². The zero-order chi connectivity index (χ0) is 21.0. The van der Waals surface area contributed by atoms with Gasteiger partial charge in [-0.15, -0.1) is 0 Å². The molecule has 0 saturated carbocycles. The van der Waals surface area contributed by atoms with Crippen LogP contribution in [-0.2, 0) is 26.2 Å². The number of nitrogens with zero attached hydrogens (tertiary/aromatic N) is 1. The van der Waals surface area contributed by atoms with Crippen LogP contribution in [0.5, 0.6) is 0 Å². The molecule has 5 heteroatoms. The molecule has 3 rings (SSSR count). The molecule has 0 aromatic heterocycles. The van der Waals surface area contributed by atoms with E-state index >= 15 is 0 Å². The largest absolute Gasteiger partial charge is 0.479 e. The average molecular weight is 395 g/mol. The van der Waals surface area contributed by atoms with Gasteiger partial charge in [0.2, 0.25) is 0 Å². The average Bonchev–Trinajstić information content (AvgIpc) is 3.17. The Kier molecular flexibility index (Phi) is 6.38. The first-order valence-corrected chi connectivity index (χ1v) is 10.0. The number of benzene rings is 2. The third-order valence-corrected chi connectivity index (χ3v) is 5.14. The zero-order valence-corrected chi connectivity index (χ0v) is 17.5. The van der Waals surface area contributed by atoms with E-state index in [2.05, 4.69) is 50.2 Å². The lowest BCUT2D eigenvalue weighted by Crippen LogP contribution is -2.26. The molecule has 2 aromatic rings. The highest BCUT2D eigenvalue weighted by atomic mass is 16.6. The van der Waals surface area contributed by atoms with Crippen LogP contribution in [0.25, 0.3) is 0 Å². The van der Waals surface area contributed by atoms with Gasteiger partial charge in [-0.1, -0.05) is 68.4 Å². The van der Waals surface area contributed by atoms with Gasteiger partial charge < -0.3 is 14.7 Å². The van der Waals surface area contributed by atoms with Gasteiger partial charge in [0.15, 0.2) is 12.2 Å². The van der Waals surface area contributed by atoms with Crippen molar-refractivity contribution >= 4 is 11.7 Å². The van der Waals surface area contributed by atoms with Gasteiger partial charge in [-0.25, -0.2) is 4.79 Å². The number of aliphatic carboxylic acids is 1. The van der Waals surface area contributed by atoms with Gasteiger partial charge in [-0.3, -0.25) is 0 Å². The van der Waals surface area contributed by atoms with E-state index in [4.69, 9.17) is 9.57 Å². The molecule has 1 unspecified atom stereocenters. The van der Waals surface area contributed by atoms with Crippen LogP contribution in [-0.4, -0.2) is 29.5 Å². The summed E-state index contributed by atoms with van der Waals surface area (Å²) < 4.78 is 5.33. The molecule has 0 amide bonds. The molecule has 2 atom stereocenters. The van der Waals surface area contributed by atoms with E-state index in [-0.39, 0.29) is 11.5 Å². The van der Waals surface area contributed by atoms with E-state index in [9.17, 15) is 9.90 Å². The fourth-order valence-electron chi connectivity index (χ4n) is 3.44. The first-order valence-electron chi connectivity index (χ1n) is 10.0. The first kappa shape index (κ1) is 21.1. The van der Waals surface area contributed by atoms with Crippen molar-refractivity contribution in [3.8, 4) is 0 Å². The summed E-state index contributed by atoms with van der Waals surface area (Å²) in [7, 11) is 0. The van der Waals surface area contributed by atoms with Crippen molar-refractivity contribution in [2.75, 3.05) is 6.61 Å². The summed E-state index contributed by atoms with van der Waals surface area (Å²) in [6.45, 7) is 8.76. The molecule has 0 saturated heterocycles. The summed E-state index contributed by atoms with van der Waals surface area (Å²) in [6, 6.07) is 16.3. The Morgan fingerprint density at radius 2 is 1.97 bits per heavy atom. The number of hydrogen-bond donors (Lipinski definition) is 1. The molecule has 2 aromatic carbocycles. The Labute approximate surface area is 172 Å². The summed E-state index contributed by atoms with van der Waals surface area (Å²) in [5.41, 5.74) is 5.25. The van der Waals surface area contributed by atoms with Crippen molar-refractivity contribution in [1.29, 1.82) is 0 Å². The molecule has 0 spiro atoms. The number of oxime groups is 1. The van der Waals surface area contributed by atoms with Crippen LogP contribution in [0.4, 0.5) is 0 Å². The lowest BCUT2D eigenvalue weighted by Gasteiger charge is -2.19. The molecule has 5 nitrogen and oxygen atoms in total. The van der Waals surface area contributed by atoms with Gasteiger partial charge >= 0.3 is 5.97 Å². The number of ether oxygens (including phenoxy) is 1. The van der Waals surface area contributed by atoms with Crippen LogP contribution in [0.2, 0.25) is 0 Å². The van der Waals surface area contributed by atoms with Crippen molar-refractivity contribution in [3.05, 3.63) is 70.8 Å². The minimum atomic E-state index is -0.947. The Balaban J connectivity index is 1.69. The third-order valence-electron chi connectivity index (χ3n) is 5.14. The zero-order valence-electron chi connectivity index (χ0n) is 17.5. The maximum Gasteiger partial charge on any atom is 0.333 e. The van der Waals surface area contributed by atoms with Gasteiger partial charge in [-0.05, 0) is 40.7 Å². The second kappa shape index (κ2) is 8.78. The maximum absolute atomic E-state index is 11.4. The second-order valence-electron chi connectivity index (χ2n) is 8.39. The van der Waals surface area contributed by atoms with Gasteiger partial charge in [0.25, 0.3) is 0 Å². The number of rotatable bonds is 7. The second-order valence-corrected chi connectivity index (χ2v) is 8.39. The minimum absolute atomic E-state index is 0.0992. The predicted molar refractivity (Wildman–Crippen MR) is 113 cm³/mol. The molecular formula is C24H29NO4. The molecule has 1 N–H and O–H groups in total. The van der Waals surface area contributed by atoms with Crippen molar-refractivity contribution in [2.24, 2.45) is 5.16 Å². The number of hydrogen-bond acceptors (Lipinski definition) is 4. The maximum atomic E-state index is 11.4. The number of carboxylic acids is 1. The van der Waals surface area contributed by atoms with Crippen LogP contribution in [0.3, 0.4) is 0 Å². The Morgan fingerprint density at radius 1 is 1.24 bits per heavy atom. The lowest BCUT2D eigenvalue weighted by atomic mass is 9.86. The molecule has 154 valence electrons. The predicted octanol–water partition coefficient (Wildman–Crippen LogP) is 4.88. The molecule has 0 radical (unpaired) electrons. The standard InChI is InChI=1S/C24H29NO4/c1-5-28-22(23(26)27)14-16-7-6-8-18(13-16)20-15-21(29-25-20)17-9-11-19(12-10-17)24(2,3)4/h6-13,21-22H,5,14-15H2,1-4H3,(H,26,27)/t21?,22-/m1/s1. The summed E-state index contributed by atoms with van der Waals surface area (Å²) in [5.74, 6) is -0.947. The summed E-state index contributed by atoms with van der Waals surface area (Å²) in [5, 5.41) is 13.6. The molecule has 0 aliphatic carbocycles. The van der Waals surface area contributed by atoms with Crippen LogP contribution < -0.4 is 0 Å². The molecule has 29 heavy (non-hydrogen) atoms. The summed E-state index contributed by atoms with van der Waals surface area (Å²) >= 11 is 0. The van der Waals surface area contributed by atoms with Crippen molar-refractivity contribution < 1.29 is 19.5 Å². The highest BCUT2D eigenvalue weighted by molar-refractivity contribution is 6.01. The number of carboxylic acid groups (broad SMARTS) is 1. The first-order chi connectivity index (χ1) is 13.8. The van der Waals surface area contributed by atoms with Crippen molar-refractivity contribution in [3.63, 3.8) is 0 Å². The summed E-state index contributed by atoms with van der Waals surface area (Å²) in [6.07, 6.45) is 0.0681. The van der Waals surface area contributed by atoms with E-state index < -0.39 is 12.1 Å². The fourth-order valence-corrected chi connectivity index (χ4v) is 3.44. The van der Waals surface area contributed by atoms with Crippen LogP contribution in [0.1, 0.15) is 62.5 Å². The van der Waals surface area contributed by atoms with Gasteiger partial charge in [0, 0.05) is 19.4 Å². The fraction of sp³-hybridized carbons (Fsp3) is 0.417. The monoisotopic (exact) mass is 395 g/mol. The van der Waals surface area contributed by atoms with Crippen LogP contribution in [0.15, 0.2) is 53.7 Å². The SMILES string of the molecule is CCO[C@H](Cc1cccc(C2=NOC(c3ccc(C(C)(C)C)cc3)C2)c1)C(=O)O. The quantitative estimate of drug-likeness (QED) is 0.725. The lowest BCUT2D eigenvalue weighted by molar-refractivity contribution is -0.149. The van der Waals surface area contributed by atoms with Crippen molar-refractivity contribution in [1.82, 2.24) is 0 Å². The molecule has 0 bridgehead atoms. The van der Waals surface area contributed by atoms with E-state index in [0.717, 1.165) is 22.4 Å². The third kappa shape index (κ3) is 5.24. The molecule has 0 fully saturated rings. The van der Waals surface area contributed by atoms with E-state index in [1.54, 1.807) is 6.92 Å². The molecule has 1 aliphatic heterocycles. The topological polar surface area (TPSA) is 68.1 Å². The van der Waals surface area contributed by atoms with Crippen LogP contribution >= 0.6 is 0 Å². The van der Waals surface area contributed by atoms with E-state index in [0.29, 0.717) is 19.4 Å². The van der Waals surface area contributed by atoms with Crippen molar-refractivity contribution in [2.45, 2.75) is 58.2 Å².